The molecule has 2 fully saturated rings. The van der Waals surface area contributed by atoms with Crippen molar-refractivity contribution in [1.82, 2.24) is 0 Å². The molecule has 1 heteroatoms. The van der Waals surface area contributed by atoms with Gasteiger partial charge in [0.05, 0.1) is 0 Å². The lowest BCUT2D eigenvalue weighted by molar-refractivity contribution is 0.0472. The van der Waals surface area contributed by atoms with Gasteiger partial charge in [0.2, 0.25) is 0 Å². The van der Waals surface area contributed by atoms with E-state index in [0.717, 1.165) is 17.8 Å². The Balaban J connectivity index is 2.03. The minimum atomic E-state index is 0.451. The van der Waals surface area contributed by atoms with E-state index < -0.39 is 0 Å². The summed E-state index contributed by atoms with van der Waals surface area (Å²) in [5, 5.41) is 0. The Bertz CT molecular complexity index is 250. The molecule has 0 spiro atoms. The zero-order valence-electron chi connectivity index (χ0n) is 12.8. The standard InChI is InChI=1S/C17H33N/c1-13-10-11-15(16(18)12-13)17(2,3)14-8-6-4-5-7-9-14/h13-16H,4-12,18H2,1-3H3. The molecule has 0 aromatic heterocycles. The van der Waals surface area contributed by atoms with Crippen molar-refractivity contribution in [2.45, 2.75) is 84.6 Å². The molecular weight excluding hydrogens is 218 g/mol. The SMILES string of the molecule is CC1CCC(C(C)(C)C2CCCCCC2)C(N)C1. The Kier molecular flexibility index (Phi) is 4.75. The van der Waals surface area contributed by atoms with Crippen LogP contribution in [0.25, 0.3) is 0 Å². The Morgan fingerprint density at radius 2 is 1.50 bits per heavy atom. The summed E-state index contributed by atoms with van der Waals surface area (Å²) in [5.74, 6) is 2.53. The Hall–Kier alpha value is -0.0400. The molecule has 3 atom stereocenters. The first-order chi connectivity index (χ1) is 8.51. The van der Waals surface area contributed by atoms with Gasteiger partial charge >= 0.3 is 0 Å². The lowest BCUT2D eigenvalue weighted by Gasteiger charge is -2.47. The van der Waals surface area contributed by atoms with Gasteiger partial charge in [-0.1, -0.05) is 52.9 Å². The second-order valence-electron chi connectivity index (χ2n) is 7.70. The van der Waals surface area contributed by atoms with E-state index in [1.54, 1.807) is 0 Å². The number of hydrogen-bond donors (Lipinski definition) is 1. The average molecular weight is 251 g/mol. The maximum absolute atomic E-state index is 6.50. The molecular formula is C17H33N. The first kappa shape index (κ1) is 14.4. The van der Waals surface area contributed by atoms with Crippen LogP contribution in [0.4, 0.5) is 0 Å². The molecule has 2 aliphatic rings. The highest BCUT2D eigenvalue weighted by molar-refractivity contribution is 4.94. The molecule has 0 amide bonds. The van der Waals surface area contributed by atoms with Crippen LogP contribution in [0, 0.1) is 23.2 Å². The van der Waals surface area contributed by atoms with Crippen molar-refractivity contribution in [3.8, 4) is 0 Å². The quantitative estimate of drug-likeness (QED) is 0.704. The predicted octanol–water partition coefficient (Wildman–Crippen LogP) is 4.75. The van der Waals surface area contributed by atoms with E-state index in [9.17, 15) is 0 Å². The molecule has 18 heavy (non-hydrogen) atoms. The van der Waals surface area contributed by atoms with Gasteiger partial charge in [-0.05, 0) is 48.9 Å². The van der Waals surface area contributed by atoms with E-state index >= 15 is 0 Å². The van der Waals surface area contributed by atoms with E-state index in [0.29, 0.717) is 11.5 Å². The van der Waals surface area contributed by atoms with Gasteiger partial charge in [-0.25, -0.2) is 0 Å². The van der Waals surface area contributed by atoms with Crippen LogP contribution in [0.3, 0.4) is 0 Å². The zero-order chi connectivity index (χ0) is 13.2. The van der Waals surface area contributed by atoms with Gasteiger partial charge in [-0.2, -0.15) is 0 Å². The molecule has 3 unspecified atom stereocenters. The van der Waals surface area contributed by atoms with Gasteiger partial charge in [0, 0.05) is 6.04 Å². The van der Waals surface area contributed by atoms with Crippen LogP contribution in [-0.2, 0) is 0 Å². The van der Waals surface area contributed by atoms with Gasteiger partial charge in [0.25, 0.3) is 0 Å². The van der Waals surface area contributed by atoms with Crippen LogP contribution < -0.4 is 5.73 Å². The van der Waals surface area contributed by atoms with Gasteiger partial charge in [0.15, 0.2) is 0 Å². The largest absolute Gasteiger partial charge is 0.327 e. The highest BCUT2D eigenvalue weighted by Gasteiger charge is 2.41. The molecule has 1 nitrogen and oxygen atoms in total. The zero-order valence-corrected chi connectivity index (χ0v) is 12.8. The van der Waals surface area contributed by atoms with Crippen molar-refractivity contribution >= 4 is 0 Å². The minimum absolute atomic E-state index is 0.451. The first-order valence-electron chi connectivity index (χ1n) is 8.27. The van der Waals surface area contributed by atoms with Gasteiger partial charge < -0.3 is 5.73 Å². The first-order valence-corrected chi connectivity index (χ1v) is 8.27. The highest BCUT2D eigenvalue weighted by Crippen LogP contribution is 2.48. The number of hydrogen-bond acceptors (Lipinski definition) is 1. The van der Waals surface area contributed by atoms with E-state index in [4.69, 9.17) is 5.73 Å². The monoisotopic (exact) mass is 251 g/mol. The van der Waals surface area contributed by atoms with Crippen LogP contribution in [0.5, 0.6) is 0 Å². The molecule has 2 rings (SSSR count). The molecule has 0 aromatic rings. The van der Waals surface area contributed by atoms with Crippen molar-refractivity contribution in [3.63, 3.8) is 0 Å². The summed E-state index contributed by atoms with van der Waals surface area (Å²) in [6.45, 7) is 7.40. The van der Waals surface area contributed by atoms with Gasteiger partial charge in [-0.3, -0.25) is 0 Å². The maximum Gasteiger partial charge on any atom is 0.00748 e. The van der Waals surface area contributed by atoms with E-state index in [1.807, 2.05) is 0 Å². The van der Waals surface area contributed by atoms with Crippen LogP contribution in [0.15, 0.2) is 0 Å². The molecule has 2 saturated carbocycles. The van der Waals surface area contributed by atoms with Crippen molar-refractivity contribution in [1.29, 1.82) is 0 Å². The van der Waals surface area contributed by atoms with Crippen LogP contribution in [0.1, 0.15) is 78.6 Å². The maximum atomic E-state index is 6.50. The lowest BCUT2D eigenvalue weighted by Crippen LogP contribution is -2.46. The molecule has 0 bridgehead atoms. The summed E-state index contributed by atoms with van der Waals surface area (Å²) < 4.78 is 0. The number of nitrogens with two attached hydrogens (primary N) is 1. The summed E-state index contributed by atoms with van der Waals surface area (Å²) in [6.07, 6.45) is 12.7. The lowest BCUT2D eigenvalue weighted by atomic mass is 9.60. The molecule has 0 aromatic carbocycles. The summed E-state index contributed by atoms with van der Waals surface area (Å²) in [7, 11) is 0. The van der Waals surface area contributed by atoms with Crippen LogP contribution in [0.2, 0.25) is 0 Å². The van der Waals surface area contributed by atoms with Gasteiger partial charge in [0.1, 0.15) is 0 Å². The van der Waals surface area contributed by atoms with Crippen molar-refractivity contribution in [2.24, 2.45) is 28.9 Å². The second-order valence-corrected chi connectivity index (χ2v) is 7.70. The normalized spacial score (nSPS) is 36.3. The second kappa shape index (κ2) is 5.94. The molecule has 2 aliphatic carbocycles. The fourth-order valence-corrected chi connectivity index (χ4v) is 4.67. The summed E-state index contributed by atoms with van der Waals surface area (Å²) >= 11 is 0. The summed E-state index contributed by atoms with van der Waals surface area (Å²) in [5.41, 5.74) is 6.96. The molecule has 0 heterocycles. The van der Waals surface area contributed by atoms with Crippen molar-refractivity contribution in [2.75, 3.05) is 0 Å². The van der Waals surface area contributed by atoms with Crippen LogP contribution >= 0.6 is 0 Å². The fourth-order valence-electron chi connectivity index (χ4n) is 4.67. The smallest absolute Gasteiger partial charge is 0.00748 e. The number of rotatable bonds is 2. The third-order valence-corrected chi connectivity index (χ3v) is 6.02. The third kappa shape index (κ3) is 3.10. The summed E-state index contributed by atoms with van der Waals surface area (Å²) in [4.78, 5) is 0. The van der Waals surface area contributed by atoms with Crippen LogP contribution in [-0.4, -0.2) is 6.04 Å². The van der Waals surface area contributed by atoms with E-state index in [-0.39, 0.29) is 0 Å². The molecule has 0 saturated heterocycles. The van der Waals surface area contributed by atoms with Crippen molar-refractivity contribution in [3.05, 3.63) is 0 Å². The van der Waals surface area contributed by atoms with E-state index in [2.05, 4.69) is 20.8 Å². The Morgan fingerprint density at radius 1 is 0.889 bits per heavy atom. The minimum Gasteiger partial charge on any atom is -0.327 e. The Morgan fingerprint density at radius 3 is 2.06 bits per heavy atom. The fraction of sp³-hybridized carbons (Fsp3) is 1.00. The average Bonchev–Trinajstić information content (AvgIpc) is 2.57. The highest BCUT2D eigenvalue weighted by atomic mass is 14.7. The molecule has 0 aliphatic heterocycles. The Labute approximate surface area is 114 Å². The summed E-state index contributed by atoms with van der Waals surface area (Å²) in [6, 6.07) is 0.451. The molecule has 0 radical (unpaired) electrons. The van der Waals surface area contributed by atoms with E-state index in [1.165, 1.54) is 57.8 Å². The molecule has 2 N–H and O–H groups in total. The topological polar surface area (TPSA) is 26.0 Å². The third-order valence-electron chi connectivity index (χ3n) is 6.02. The predicted molar refractivity (Wildman–Crippen MR) is 79.5 cm³/mol. The van der Waals surface area contributed by atoms with Crippen molar-refractivity contribution < 1.29 is 0 Å². The van der Waals surface area contributed by atoms with Gasteiger partial charge in [-0.15, -0.1) is 0 Å². The molecule has 106 valence electrons.